The molecule has 1 amide bonds. The molecule has 130 valence electrons. The Bertz CT molecular complexity index is 812. The van der Waals surface area contributed by atoms with Crippen LogP contribution in [0.2, 0.25) is 0 Å². The van der Waals surface area contributed by atoms with Crippen LogP contribution in [0.1, 0.15) is 18.9 Å². The maximum Gasteiger partial charge on any atom is 0.240 e. The van der Waals surface area contributed by atoms with Gasteiger partial charge in [-0.05, 0) is 17.7 Å². The molecule has 1 aliphatic rings. The molecular formula is C18H17F2N3O2. The molecule has 5 nitrogen and oxygen atoms in total. The minimum absolute atomic E-state index is 0.0253. The predicted octanol–water partition coefficient (Wildman–Crippen LogP) is 3.58. The van der Waals surface area contributed by atoms with Gasteiger partial charge < -0.3 is 10.1 Å². The number of amides is 1. The first-order chi connectivity index (χ1) is 12.0. The van der Waals surface area contributed by atoms with Crippen LogP contribution >= 0.6 is 0 Å². The van der Waals surface area contributed by atoms with Gasteiger partial charge in [0, 0.05) is 35.8 Å². The van der Waals surface area contributed by atoms with Crippen molar-refractivity contribution in [2.75, 3.05) is 12.4 Å². The lowest BCUT2D eigenvalue weighted by molar-refractivity contribution is -0.121. The molecule has 0 fully saturated rings. The first-order valence-corrected chi connectivity index (χ1v) is 7.75. The lowest BCUT2D eigenvalue weighted by Gasteiger charge is -2.19. The third-order valence-corrected chi connectivity index (χ3v) is 3.93. The Morgan fingerprint density at radius 3 is 2.36 bits per heavy atom. The summed E-state index contributed by atoms with van der Waals surface area (Å²) in [6.45, 7) is 1.94. The van der Waals surface area contributed by atoms with Gasteiger partial charge >= 0.3 is 0 Å². The third-order valence-electron chi connectivity index (χ3n) is 3.93. The topological polar surface area (TPSA) is 62.7 Å². The Balaban J connectivity index is 1.78. The van der Waals surface area contributed by atoms with E-state index in [9.17, 15) is 13.6 Å². The monoisotopic (exact) mass is 345 g/mol. The Hall–Kier alpha value is -2.96. The standard InChI is InChI=1S/C18H17F2N3O2/c1-10-7-16(24)22-23-17(10)11-3-5-12(6-4-11)21-13-8-14(19)18(25-2)15(20)9-13/h3-6,8-10,21H,7H2,1-2H3,(H,22,24)/t10-/m1/s1. The molecule has 25 heavy (non-hydrogen) atoms. The molecule has 1 atom stereocenters. The lowest BCUT2D eigenvalue weighted by Crippen LogP contribution is -2.31. The second-order valence-electron chi connectivity index (χ2n) is 5.81. The van der Waals surface area contributed by atoms with Crippen molar-refractivity contribution in [1.29, 1.82) is 0 Å². The van der Waals surface area contributed by atoms with Crippen LogP contribution in [0.3, 0.4) is 0 Å². The average Bonchev–Trinajstić information content (AvgIpc) is 2.56. The SMILES string of the molecule is COc1c(F)cc(Nc2ccc(C3=NNC(=O)C[C@H]3C)cc2)cc1F. The van der Waals surface area contributed by atoms with Crippen LogP contribution in [-0.2, 0) is 4.79 Å². The minimum atomic E-state index is -0.775. The minimum Gasteiger partial charge on any atom is -0.491 e. The number of hydrogen-bond acceptors (Lipinski definition) is 4. The fraction of sp³-hybridized carbons (Fsp3) is 0.222. The van der Waals surface area contributed by atoms with Crippen LogP contribution in [0.15, 0.2) is 41.5 Å². The van der Waals surface area contributed by atoms with E-state index in [1.165, 1.54) is 19.2 Å². The van der Waals surface area contributed by atoms with Gasteiger partial charge in [-0.15, -0.1) is 0 Å². The number of carbonyl (C=O) groups is 1. The molecule has 0 bridgehead atoms. The quantitative estimate of drug-likeness (QED) is 0.890. The van der Waals surface area contributed by atoms with Gasteiger partial charge in [0.1, 0.15) is 0 Å². The number of rotatable bonds is 4. The molecular weight excluding hydrogens is 328 g/mol. The number of hydrogen-bond donors (Lipinski definition) is 2. The smallest absolute Gasteiger partial charge is 0.240 e. The maximum absolute atomic E-state index is 13.7. The summed E-state index contributed by atoms with van der Waals surface area (Å²) in [6, 6.07) is 9.57. The van der Waals surface area contributed by atoms with Crippen LogP contribution in [0.5, 0.6) is 5.75 Å². The number of halogens is 2. The fourth-order valence-electron chi connectivity index (χ4n) is 2.72. The molecule has 2 N–H and O–H groups in total. The third kappa shape index (κ3) is 3.60. The Kier molecular flexibility index (Phi) is 4.65. The van der Waals surface area contributed by atoms with E-state index in [0.29, 0.717) is 12.1 Å². The highest BCUT2D eigenvalue weighted by molar-refractivity contribution is 6.05. The fourth-order valence-corrected chi connectivity index (χ4v) is 2.72. The molecule has 7 heteroatoms. The van der Waals surface area contributed by atoms with E-state index in [4.69, 9.17) is 0 Å². The first-order valence-electron chi connectivity index (χ1n) is 7.75. The van der Waals surface area contributed by atoms with E-state index in [2.05, 4.69) is 20.6 Å². The van der Waals surface area contributed by atoms with Gasteiger partial charge in [-0.1, -0.05) is 19.1 Å². The number of nitrogens with zero attached hydrogens (tertiary/aromatic N) is 1. The largest absolute Gasteiger partial charge is 0.491 e. The van der Waals surface area contributed by atoms with Crippen molar-refractivity contribution in [1.82, 2.24) is 5.43 Å². The molecule has 1 heterocycles. The number of ether oxygens (including phenoxy) is 1. The number of anilines is 2. The van der Waals surface area contributed by atoms with Gasteiger partial charge in [0.05, 0.1) is 12.8 Å². The number of nitrogens with one attached hydrogen (secondary N) is 2. The Labute approximate surface area is 143 Å². The van der Waals surface area contributed by atoms with Crippen LogP contribution in [0.4, 0.5) is 20.2 Å². The molecule has 0 unspecified atom stereocenters. The van der Waals surface area contributed by atoms with Crippen LogP contribution < -0.4 is 15.5 Å². The number of hydrazone groups is 1. The summed E-state index contributed by atoms with van der Waals surface area (Å²) in [5, 5.41) is 7.04. The van der Waals surface area contributed by atoms with Crippen LogP contribution in [-0.4, -0.2) is 18.7 Å². The van der Waals surface area contributed by atoms with Crippen molar-refractivity contribution in [3.8, 4) is 5.75 Å². The first kappa shape index (κ1) is 16.9. The van der Waals surface area contributed by atoms with Crippen molar-refractivity contribution in [2.45, 2.75) is 13.3 Å². The molecule has 2 aromatic rings. The van der Waals surface area contributed by atoms with E-state index in [-0.39, 0.29) is 17.5 Å². The summed E-state index contributed by atoms with van der Waals surface area (Å²) in [6.07, 6.45) is 0.392. The van der Waals surface area contributed by atoms with Crippen molar-refractivity contribution in [3.05, 3.63) is 53.6 Å². The zero-order chi connectivity index (χ0) is 18.0. The molecule has 0 saturated carbocycles. The lowest BCUT2D eigenvalue weighted by atomic mass is 9.94. The van der Waals surface area contributed by atoms with E-state index in [0.717, 1.165) is 11.3 Å². The van der Waals surface area contributed by atoms with Crippen molar-refractivity contribution >= 4 is 23.0 Å². The molecule has 0 aromatic heterocycles. The zero-order valence-electron chi connectivity index (χ0n) is 13.8. The molecule has 0 spiro atoms. The summed E-state index contributed by atoms with van der Waals surface area (Å²) < 4.78 is 32.1. The van der Waals surface area contributed by atoms with E-state index in [1.54, 1.807) is 12.1 Å². The summed E-state index contributed by atoms with van der Waals surface area (Å²) in [5.41, 5.74) is 5.10. The van der Waals surface area contributed by atoms with Crippen molar-refractivity contribution in [3.63, 3.8) is 0 Å². The van der Waals surface area contributed by atoms with E-state index >= 15 is 0 Å². The maximum atomic E-state index is 13.7. The molecule has 0 saturated heterocycles. The van der Waals surface area contributed by atoms with E-state index in [1.807, 2.05) is 19.1 Å². The van der Waals surface area contributed by atoms with Gasteiger partial charge in [0.2, 0.25) is 5.91 Å². The number of carbonyl (C=O) groups excluding carboxylic acids is 1. The molecule has 1 aliphatic heterocycles. The average molecular weight is 345 g/mol. The number of methoxy groups -OCH3 is 1. The highest BCUT2D eigenvalue weighted by Crippen LogP contribution is 2.27. The van der Waals surface area contributed by atoms with Crippen LogP contribution in [0.25, 0.3) is 0 Å². The summed E-state index contributed by atoms with van der Waals surface area (Å²) >= 11 is 0. The Morgan fingerprint density at radius 1 is 1.16 bits per heavy atom. The summed E-state index contributed by atoms with van der Waals surface area (Å²) in [4.78, 5) is 11.3. The predicted molar refractivity (Wildman–Crippen MR) is 91.1 cm³/mol. The van der Waals surface area contributed by atoms with Gasteiger partial charge in [-0.3, -0.25) is 4.79 Å². The normalized spacial score (nSPS) is 16.9. The number of benzene rings is 2. The molecule has 3 rings (SSSR count). The highest BCUT2D eigenvalue weighted by atomic mass is 19.1. The van der Waals surface area contributed by atoms with Gasteiger partial charge in [0.25, 0.3) is 0 Å². The van der Waals surface area contributed by atoms with Crippen LogP contribution in [0, 0.1) is 17.6 Å². The zero-order valence-corrected chi connectivity index (χ0v) is 13.8. The molecule has 0 radical (unpaired) electrons. The Morgan fingerprint density at radius 2 is 1.80 bits per heavy atom. The van der Waals surface area contributed by atoms with Crippen molar-refractivity contribution in [2.24, 2.45) is 11.0 Å². The molecule has 0 aliphatic carbocycles. The highest BCUT2D eigenvalue weighted by Gasteiger charge is 2.21. The van der Waals surface area contributed by atoms with Gasteiger partial charge in [-0.25, -0.2) is 14.2 Å². The van der Waals surface area contributed by atoms with Gasteiger partial charge in [-0.2, -0.15) is 5.10 Å². The summed E-state index contributed by atoms with van der Waals surface area (Å²) in [7, 11) is 1.21. The molecule has 2 aromatic carbocycles. The second-order valence-corrected chi connectivity index (χ2v) is 5.81. The van der Waals surface area contributed by atoms with Crippen molar-refractivity contribution < 1.29 is 18.3 Å². The van der Waals surface area contributed by atoms with E-state index < -0.39 is 17.4 Å². The summed E-state index contributed by atoms with van der Waals surface area (Å²) in [5.74, 6) is -2.03. The second kappa shape index (κ2) is 6.88. The van der Waals surface area contributed by atoms with Gasteiger partial charge in [0.15, 0.2) is 17.4 Å².